The first-order valence-corrected chi connectivity index (χ1v) is 11.5. The summed E-state index contributed by atoms with van der Waals surface area (Å²) < 4.78 is 28.6. The van der Waals surface area contributed by atoms with Crippen LogP contribution < -0.4 is 9.62 Å². The van der Waals surface area contributed by atoms with E-state index < -0.39 is 10.0 Å². The Morgan fingerprint density at radius 1 is 1.18 bits per heavy atom. The van der Waals surface area contributed by atoms with Crippen molar-refractivity contribution in [2.45, 2.75) is 56.9 Å². The van der Waals surface area contributed by atoms with Crippen LogP contribution in [0, 0.1) is 5.92 Å². The maximum absolute atomic E-state index is 12.9. The smallest absolute Gasteiger partial charge is 0.261 e. The zero-order chi connectivity index (χ0) is 19.9. The van der Waals surface area contributed by atoms with Crippen LogP contribution in [0.4, 0.5) is 11.4 Å². The SMILES string of the molecule is CCc1ccccc1NS(=O)(=O)c1ccc2c(c1)CC(C)N2C(=O)C1CCC1. The van der Waals surface area contributed by atoms with Gasteiger partial charge in [-0.1, -0.05) is 31.5 Å². The molecule has 1 fully saturated rings. The summed E-state index contributed by atoms with van der Waals surface area (Å²) in [5.41, 5.74) is 3.35. The number of carbonyl (C=O) groups is 1. The van der Waals surface area contributed by atoms with E-state index in [4.69, 9.17) is 0 Å². The quantitative estimate of drug-likeness (QED) is 0.824. The van der Waals surface area contributed by atoms with Gasteiger partial charge in [0.1, 0.15) is 0 Å². The molecule has 1 atom stereocenters. The summed E-state index contributed by atoms with van der Waals surface area (Å²) in [5.74, 6) is 0.312. The number of para-hydroxylation sites is 1. The standard InChI is InChI=1S/C22H26N2O3S/c1-3-16-7-4-5-10-20(16)23-28(26,27)19-11-12-21-18(14-19)13-15(2)24(21)22(25)17-8-6-9-17/h4-5,7,10-12,14-15,17,23H,3,6,8-9,13H2,1-2H3. The topological polar surface area (TPSA) is 66.5 Å². The average Bonchev–Trinajstić information content (AvgIpc) is 2.95. The third-order valence-corrected chi connectivity index (χ3v) is 7.27. The molecule has 1 aliphatic heterocycles. The Morgan fingerprint density at radius 2 is 1.93 bits per heavy atom. The van der Waals surface area contributed by atoms with E-state index in [1.807, 2.05) is 36.9 Å². The summed E-state index contributed by atoms with van der Waals surface area (Å²) in [4.78, 5) is 14.9. The van der Waals surface area contributed by atoms with E-state index in [0.29, 0.717) is 12.1 Å². The highest BCUT2D eigenvalue weighted by Crippen LogP contribution is 2.38. The zero-order valence-electron chi connectivity index (χ0n) is 16.3. The Bertz CT molecular complexity index is 1010. The molecule has 1 heterocycles. The second-order valence-corrected chi connectivity index (χ2v) is 9.48. The van der Waals surface area contributed by atoms with Gasteiger partial charge in [-0.25, -0.2) is 8.42 Å². The average molecular weight is 399 g/mol. The molecule has 28 heavy (non-hydrogen) atoms. The van der Waals surface area contributed by atoms with Crippen molar-refractivity contribution in [3.05, 3.63) is 53.6 Å². The highest BCUT2D eigenvalue weighted by Gasteiger charge is 2.37. The monoisotopic (exact) mass is 398 g/mol. The number of hydrogen-bond acceptors (Lipinski definition) is 3. The molecule has 2 aliphatic rings. The number of aryl methyl sites for hydroxylation is 1. The fourth-order valence-electron chi connectivity index (χ4n) is 4.09. The van der Waals surface area contributed by atoms with Gasteiger partial charge in [0, 0.05) is 17.6 Å². The van der Waals surface area contributed by atoms with Crippen LogP contribution in [0.1, 0.15) is 44.2 Å². The number of fused-ring (bicyclic) bond motifs is 1. The van der Waals surface area contributed by atoms with Crippen molar-refractivity contribution in [3.8, 4) is 0 Å². The van der Waals surface area contributed by atoms with E-state index in [2.05, 4.69) is 4.72 Å². The molecule has 5 nitrogen and oxygen atoms in total. The lowest BCUT2D eigenvalue weighted by Gasteiger charge is -2.32. The third kappa shape index (κ3) is 3.30. The van der Waals surface area contributed by atoms with Gasteiger partial charge in [0.15, 0.2) is 0 Å². The molecule has 1 N–H and O–H groups in total. The Labute approximate surface area is 166 Å². The molecule has 1 aliphatic carbocycles. The van der Waals surface area contributed by atoms with Gasteiger partial charge in [0.25, 0.3) is 10.0 Å². The fraction of sp³-hybridized carbons (Fsp3) is 0.409. The van der Waals surface area contributed by atoms with Gasteiger partial charge in [0.2, 0.25) is 5.91 Å². The normalized spacial score (nSPS) is 19.2. The molecule has 148 valence electrons. The second-order valence-electron chi connectivity index (χ2n) is 7.80. The van der Waals surface area contributed by atoms with Gasteiger partial charge in [-0.05, 0) is 68.0 Å². The summed E-state index contributed by atoms with van der Waals surface area (Å²) in [5, 5.41) is 0. The van der Waals surface area contributed by atoms with Crippen LogP contribution in [0.2, 0.25) is 0 Å². The summed E-state index contributed by atoms with van der Waals surface area (Å²) in [6, 6.07) is 12.6. The maximum Gasteiger partial charge on any atom is 0.261 e. The van der Waals surface area contributed by atoms with Crippen LogP contribution in [-0.4, -0.2) is 20.4 Å². The molecule has 1 saturated carbocycles. The number of carbonyl (C=O) groups excluding carboxylic acids is 1. The van der Waals surface area contributed by atoms with Crippen LogP contribution in [-0.2, 0) is 27.7 Å². The van der Waals surface area contributed by atoms with E-state index >= 15 is 0 Å². The van der Waals surface area contributed by atoms with Crippen LogP contribution in [0.15, 0.2) is 47.4 Å². The second kappa shape index (κ2) is 7.24. The minimum absolute atomic E-state index is 0.0647. The van der Waals surface area contributed by atoms with Gasteiger partial charge in [-0.2, -0.15) is 0 Å². The van der Waals surface area contributed by atoms with Crippen LogP contribution in [0.5, 0.6) is 0 Å². The van der Waals surface area contributed by atoms with Gasteiger partial charge in [-0.3, -0.25) is 9.52 Å². The highest BCUT2D eigenvalue weighted by atomic mass is 32.2. The summed E-state index contributed by atoms with van der Waals surface area (Å²) >= 11 is 0. The number of hydrogen-bond donors (Lipinski definition) is 1. The third-order valence-electron chi connectivity index (χ3n) is 5.91. The van der Waals surface area contributed by atoms with Gasteiger partial charge < -0.3 is 4.90 Å². The lowest BCUT2D eigenvalue weighted by molar-refractivity contribution is -0.125. The van der Waals surface area contributed by atoms with Crippen LogP contribution in [0.3, 0.4) is 0 Å². The molecule has 4 rings (SSSR count). The Hall–Kier alpha value is -2.34. The van der Waals surface area contributed by atoms with E-state index in [1.165, 1.54) is 0 Å². The van der Waals surface area contributed by atoms with Crippen LogP contribution in [0.25, 0.3) is 0 Å². The minimum atomic E-state index is -3.69. The van der Waals surface area contributed by atoms with Crippen LogP contribution >= 0.6 is 0 Å². The number of rotatable bonds is 5. The first-order valence-electron chi connectivity index (χ1n) is 9.97. The molecule has 0 aromatic heterocycles. The lowest BCUT2D eigenvalue weighted by atomic mass is 9.84. The number of amides is 1. The molecular weight excluding hydrogens is 372 g/mol. The number of anilines is 2. The first-order chi connectivity index (χ1) is 13.4. The molecule has 2 aromatic rings. The van der Waals surface area contributed by atoms with E-state index in [1.54, 1.807) is 24.3 Å². The summed E-state index contributed by atoms with van der Waals surface area (Å²) in [7, 11) is -3.69. The predicted octanol–water partition coefficient (Wildman–Crippen LogP) is 4.13. The fourth-order valence-corrected chi connectivity index (χ4v) is 5.25. The molecule has 1 amide bonds. The van der Waals surface area contributed by atoms with Gasteiger partial charge >= 0.3 is 0 Å². The van der Waals surface area contributed by atoms with E-state index in [-0.39, 0.29) is 22.8 Å². The van der Waals surface area contributed by atoms with Crippen molar-refractivity contribution in [1.29, 1.82) is 0 Å². The zero-order valence-corrected chi connectivity index (χ0v) is 17.1. The highest BCUT2D eigenvalue weighted by molar-refractivity contribution is 7.92. The summed E-state index contributed by atoms with van der Waals surface area (Å²) in [6.07, 6.45) is 4.48. The molecule has 6 heteroatoms. The van der Waals surface area contributed by atoms with Crippen molar-refractivity contribution in [3.63, 3.8) is 0 Å². The van der Waals surface area contributed by atoms with Gasteiger partial charge in [0.05, 0.1) is 10.6 Å². The molecular formula is C22H26N2O3S. The Kier molecular flexibility index (Phi) is 4.91. The van der Waals surface area contributed by atoms with Gasteiger partial charge in [-0.15, -0.1) is 0 Å². The van der Waals surface area contributed by atoms with E-state index in [9.17, 15) is 13.2 Å². The Morgan fingerprint density at radius 3 is 2.61 bits per heavy atom. The number of nitrogens with one attached hydrogen (secondary N) is 1. The van der Waals surface area contributed by atoms with Crippen molar-refractivity contribution >= 4 is 27.3 Å². The molecule has 0 radical (unpaired) electrons. The predicted molar refractivity (Wildman–Crippen MR) is 111 cm³/mol. The molecule has 0 saturated heterocycles. The summed E-state index contributed by atoms with van der Waals surface area (Å²) in [6.45, 7) is 4.03. The molecule has 1 unspecified atom stereocenters. The minimum Gasteiger partial charge on any atom is -0.309 e. The lowest BCUT2D eigenvalue weighted by Crippen LogP contribution is -2.42. The number of benzene rings is 2. The molecule has 0 bridgehead atoms. The van der Waals surface area contributed by atoms with Crippen molar-refractivity contribution in [2.24, 2.45) is 5.92 Å². The largest absolute Gasteiger partial charge is 0.309 e. The number of nitrogens with zero attached hydrogens (tertiary/aromatic N) is 1. The van der Waals surface area contributed by atoms with Crippen molar-refractivity contribution < 1.29 is 13.2 Å². The first kappa shape index (κ1) is 19.0. The van der Waals surface area contributed by atoms with Crippen molar-refractivity contribution in [1.82, 2.24) is 0 Å². The Balaban J connectivity index is 1.62. The maximum atomic E-state index is 12.9. The molecule has 2 aromatic carbocycles. The molecule has 0 spiro atoms. The number of sulfonamides is 1. The van der Waals surface area contributed by atoms with E-state index in [0.717, 1.165) is 42.5 Å². The van der Waals surface area contributed by atoms with Crippen molar-refractivity contribution in [2.75, 3.05) is 9.62 Å².